The van der Waals surface area contributed by atoms with E-state index in [0.717, 1.165) is 5.69 Å². The molecule has 0 unspecified atom stereocenters. The van der Waals surface area contributed by atoms with E-state index in [2.05, 4.69) is 11.4 Å². The van der Waals surface area contributed by atoms with Gasteiger partial charge < -0.3 is 19.6 Å². The van der Waals surface area contributed by atoms with Gasteiger partial charge in [-0.25, -0.2) is 0 Å². The number of nitrogens with one attached hydrogen (secondary N) is 1. The smallest absolute Gasteiger partial charge is 0.142 e. The fourth-order valence-corrected chi connectivity index (χ4v) is 1.88. The maximum atomic E-state index is 8.99. The van der Waals surface area contributed by atoms with Gasteiger partial charge in [-0.1, -0.05) is 0 Å². The van der Waals surface area contributed by atoms with Gasteiger partial charge >= 0.3 is 0 Å². The van der Waals surface area contributed by atoms with E-state index in [1.54, 1.807) is 30.3 Å². The average Bonchev–Trinajstić information content (AvgIpc) is 2.93. The van der Waals surface area contributed by atoms with Crippen molar-refractivity contribution in [3.63, 3.8) is 0 Å². The first-order valence-corrected chi connectivity index (χ1v) is 6.75. The summed E-state index contributed by atoms with van der Waals surface area (Å²) in [7, 11) is 0. The molecule has 0 aliphatic carbocycles. The van der Waals surface area contributed by atoms with Crippen molar-refractivity contribution >= 4 is 5.69 Å². The molecule has 1 aromatic carbocycles. The Morgan fingerprint density at radius 1 is 1.29 bits per heavy atom. The maximum absolute atomic E-state index is 8.99. The molecule has 0 atom stereocenters. The number of hydrogen-bond acceptors (Lipinski definition) is 5. The van der Waals surface area contributed by atoms with Crippen LogP contribution in [0, 0.1) is 11.3 Å². The molecule has 5 nitrogen and oxygen atoms in total. The molecule has 1 aromatic heterocycles. The summed E-state index contributed by atoms with van der Waals surface area (Å²) in [5.41, 5.74) is 1.30. The van der Waals surface area contributed by atoms with E-state index in [0.29, 0.717) is 29.4 Å². The standard InChI is InChI=1S/C16H18N2O3/c1-11(2)20-16-6-3-12(8-17)7-15(16)18-9-13-4-5-14(10-19)21-13/h3-7,11,18-19H,9-10H2,1-2H3. The summed E-state index contributed by atoms with van der Waals surface area (Å²) in [6.45, 7) is 4.22. The van der Waals surface area contributed by atoms with Crippen molar-refractivity contribution in [3.05, 3.63) is 47.4 Å². The maximum Gasteiger partial charge on any atom is 0.142 e. The van der Waals surface area contributed by atoms with Gasteiger partial charge in [-0.2, -0.15) is 5.26 Å². The minimum absolute atomic E-state index is 0.0445. The van der Waals surface area contributed by atoms with Gasteiger partial charge in [-0.15, -0.1) is 0 Å². The van der Waals surface area contributed by atoms with Crippen molar-refractivity contribution in [2.45, 2.75) is 33.1 Å². The number of ether oxygens (including phenoxy) is 1. The van der Waals surface area contributed by atoms with Crippen molar-refractivity contribution in [2.24, 2.45) is 0 Å². The highest BCUT2D eigenvalue weighted by Gasteiger charge is 2.08. The number of aliphatic hydroxyl groups is 1. The highest BCUT2D eigenvalue weighted by molar-refractivity contribution is 5.60. The zero-order valence-corrected chi connectivity index (χ0v) is 12.1. The van der Waals surface area contributed by atoms with E-state index >= 15 is 0 Å². The van der Waals surface area contributed by atoms with Gasteiger partial charge in [-0.05, 0) is 44.2 Å². The Labute approximate surface area is 123 Å². The molecule has 0 saturated carbocycles. The third kappa shape index (κ3) is 4.01. The highest BCUT2D eigenvalue weighted by atomic mass is 16.5. The number of anilines is 1. The van der Waals surface area contributed by atoms with Crippen LogP contribution in [0.2, 0.25) is 0 Å². The summed E-state index contributed by atoms with van der Waals surface area (Å²) in [4.78, 5) is 0. The largest absolute Gasteiger partial charge is 0.489 e. The number of rotatable bonds is 6. The van der Waals surface area contributed by atoms with Crippen molar-refractivity contribution in [2.75, 3.05) is 5.32 Å². The second kappa shape index (κ2) is 6.82. The molecule has 0 amide bonds. The van der Waals surface area contributed by atoms with Crippen molar-refractivity contribution in [1.82, 2.24) is 0 Å². The quantitative estimate of drug-likeness (QED) is 0.853. The van der Waals surface area contributed by atoms with Gasteiger partial charge in [0.2, 0.25) is 0 Å². The lowest BCUT2D eigenvalue weighted by Crippen LogP contribution is -2.08. The summed E-state index contributed by atoms with van der Waals surface area (Å²) in [5, 5.41) is 21.2. The molecule has 0 saturated heterocycles. The van der Waals surface area contributed by atoms with E-state index in [4.69, 9.17) is 19.5 Å². The van der Waals surface area contributed by atoms with Gasteiger partial charge in [0.25, 0.3) is 0 Å². The Morgan fingerprint density at radius 3 is 2.67 bits per heavy atom. The van der Waals surface area contributed by atoms with E-state index in [9.17, 15) is 0 Å². The molecule has 2 aromatic rings. The number of hydrogen-bond donors (Lipinski definition) is 2. The number of nitriles is 1. The Morgan fingerprint density at radius 2 is 2.05 bits per heavy atom. The van der Waals surface area contributed by atoms with Gasteiger partial charge in [-0.3, -0.25) is 0 Å². The van der Waals surface area contributed by atoms with Crippen LogP contribution in [0.5, 0.6) is 5.75 Å². The van der Waals surface area contributed by atoms with Crippen LogP contribution in [-0.2, 0) is 13.2 Å². The Balaban J connectivity index is 2.14. The molecule has 0 aliphatic rings. The molecular weight excluding hydrogens is 268 g/mol. The van der Waals surface area contributed by atoms with Crippen molar-refractivity contribution < 1.29 is 14.3 Å². The third-order valence-electron chi connectivity index (χ3n) is 2.80. The molecule has 5 heteroatoms. The molecule has 2 rings (SSSR count). The predicted molar refractivity (Wildman–Crippen MR) is 78.9 cm³/mol. The van der Waals surface area contributed by atoms with Gasteiger partial charge in [0.1, 0.15) is 23.9 Å². The molecule has 0 radical (unpaired) electrons. The molecule has 0 bridgehead atoms. The normalized spacial score (nSPS) is 10.4. The summed E-state index contributed by atoms with van der Waals surface area (Å²) in [6, 6.07) is 10.9. The number of benzene rings is 1. The van der Waals surface area contributed by atoms with Gasteiger partial charge in [0.15, 0.2) is 0 Å². The number of aliphatic hydroxyl groups excluding tert-OH is 1. The van der Waals surface area contributed by atoms with Gasteiger partial charge in [0.05, 0.1) is 30.0 Å². The van der Waals surface area contributed by atoms with Crippen LogP contribution in [0.3, 0.4) is 0 Å². The Bertz CT molecular complexity index is 641. The van der Waals surface area contributed by atoms with E-state index in [1.165, 1.54) is 0 Å². The molecule has 21 heavy (non-hydrogen) atoms. The van der Waals surface area contributed by atoms with Crippen LogP contribution in [0.15, 0.2) is 34.7 Å². The zero-order valence-electron chi connectivity index (χ0n) is 12.1. The average molecular weight is 286 g/mol. The molecule has 1 heterocycles. The molecule has 0 spiro atoms. The molecule has 0 fully saturated rings. The first kappa shape index (κ1) is 14.9. The summed E-state index contributed by atoms with van der Waals surface area (Å²) < 4.78 is 11.1. The number of furan rings is 1. The van der Waals surface area contributed by atoms with Crippen molar-refractivity contribution in [3.8, 4) is 11.8 Å². The monoisotopic (exact) mass is 286 g/mol. The first-order chi connectivity index (χ1) is 10.1. The van der Waals surface area contributed by atoms with Crippen LogP contribution < -0.4 is 10.1 Å². The lowest BCUT2D eigenvalue weighted by molar-refractivity contribution is 0.242. The van der Waals surface area contributed by atoms with Crippen LogP contribution in [0.4, 0.5) is 5.69 Å². The predicted octanol–water partition coefficient (Wildman–Crippen LogP) is 3.04. The van der Waals surface area contributed by atoms with Crippen molar-refractivity contribution in [1.29, 1.82) is 5.26 Å². The fraction of sp³-hybridized carbons (Fsp3) is 0.312. The second-order valence-electron chi connectivity index (χ2n) is 4.87. The minimum Gasteiger partial charge on any atom is -0.489 e. The molecule has 2 N–H and O–H groups in total. The minimum atomic E-state index is -0.119. The fourth-order valence-electron chi connectivity index (χ4n) is 1.88. The van der Waals surface area contributed by atoms with Crippen LogP contribution in [-0.4, -0.2) is 11.2 Å². The Hall–Kier alpha value is -2.45. The molecule has 0 aliphatic heterocycles. The lowest BCUT2D eigenvalue weighted by atomic mass is 10.2. The highest BCUT2D eigenvalue weighted by Crippen LogP contribution is 2.27. The molecular formula is C16H18N2O3. The third-order valence-corrected chi connectivity index (χ3v) is 2.80. The van der Waals surface area contributed by atoms with Crippen LogP contribution >= 0.6 is 0 Å². The van der Waals surface area contributed by atoms with Crippen LogP contribution in [0.25, 0.3) is 0 Å². The topological polar surface area (TPSA) is 78.4 Å². The van der Waals surface area contributed by atoms with E-state index in [-0.39, 0.29) is 12.7 Å². The summed E-state index contributed by atoms with van der Waals surface area (Å²) in [5.74, 6) is 1.92. The first-order valence-electron chi connectivity index (χ1n) is 6.75. The Kier molecular flexibility index (Phi) is 4.85. The lowest BCUT2D eigenvalue weighted by Gasteiger charge is -2.15. The summed E-state index contributed by atoms with van der Waals surface area (Å²) >= 11 is 0. The van der Waals surface area contributed by atoms with Crippen LogP contribution in [0.1, 0.15) is 30.9 Å². The SMILES string of the molecule is CC(C)Oc1ccc(C#N)cc1NCc1ccc(CO)o1. The van der Waals surface area contributed by atoms with Gasteiger partial charge in [0, 0.05) is 0 Å². The molecule has 110 valence electrons. The van der Waals surface area contributed by atoms with E-state index in [1.807, 2.05) is 13.8 Å². The number of nitrogens with zero attached hydrogens (tertiary/aromatic N) is 1. The summed E-state index contributed by atoms with van der Waals surface area (Å²) in [6.07, 6.45) is 0.0445. The zero-order chi connectivity index (χ0) is 15.2. The van der Waals surface area contributed by atoms with E-state index < -0.39 is 0 Å². The second-order valence-corrected chi connectivity index (χ2v) is 4.87.